The number of aromatic nitrogens is 1. The lowest BCUT2D eigenvalue weighted by molar-refractivity contribution is 0.466. The first-order valence-electron chi connectivity index (χ1n) is 5.72. The van der Waals surface area contributed by atoms with E-state index in [1.807, 2.05) is 32.0 Å². The van der Waals surface area contributed by atoms with Crippen LogP contribution in [0.4, 0.5) is 11.4 Å². The fourth-order valence-electron chi connectivity index (χ4n) is 1.56. The fraction of sp³-hybridized carbons (Fsp3) is 0.308. The highest BCUT2D eigenvalue weighted by molar-refractivity contribution is 5.56. The second-order valence-corrected chi connectivity index (χ2v) is 4.00. The van der Waals surface area contributed by atoms with Crippen LogP contribution in [0, 0.1) is 6.92 Å². The zero-order chi connectivity index (χ0) is 12.3. The van der Waals surface area contributed by atoms with Crippen LogP contribution in [-0.2, 0) is 13.0 Å². The average Bonchev–Trinajstić information content (AvgIpc) is 2.79. The molecule has 0 aliphatic heterocycles. The van der Waals surface area contributed by atoms with Crippen LogP contribution in [0.15, 0.2) is 28.8 Å². The first kappa shape index (κ1) is 11.5. The molecule has 0 amide bonds. The monoisotopic (exact) mass is 231 g/mol. The van der Waals surface area contributed by atoms with Gasteiger partial charge in [-0.3, -0.25) is 0 Å². The minimum absolute atomic E-state index is 0.587. The van der Waals surface area contributed by atoms with Crippen molar-refractivity contribution >= 4 is 11.4 Å². The predicted octanol–water partition coefficient (Wildman–Crippen LogP) is 2.74. The summed E-state index contributed by atoms with van der Waals surface area (Å²) in [4.78, 5) is 4.19. The second kappa shape index (κ2) is 4.91. The highest BCUT2D eigenvalue weighted by atomic mass is 16.4. The van der Waals surface area contributed by atoms with E-state index in [1.165, 1.54) is 0 Å². The minimum atomic E-state index is 0.587. The lowest BCUT2D eigenvalue weighted by Gasteiger charge is -2.06. The third-order valence-corrected chi connectivity index (χ3v) is 2.66. The van der Waals surface area contributed by atoms with Crippen LogP contribution in [0.3, 0.4) is 0 Å². The standard InChI is InChI=1S/C13H17N3O/c1-3-11-7-16-13(17-11)8-15-10-4-5-12(14)9(2)6-10/h4-7,15H,3,8,14H2,1-2H3. The van der Waals surface area contributed by atoms with Gasteiger partial charge in [-0.25, -0.2) is 4.98 Å². The molecule has 4 heteroatoms. The summed E-state index contributed by atoms with van der Waals surface area (Å²) in [5, 5.41) is 3.25. The van der Waals surface area contributed by atoms with Gasteiger partial charge in [0.1, 0.15) is 5.76 Å². The summed E-state index contributed by atoms with van der Waals surface area (Å²) in [5.74, 6) is 1.62. The summed E-state index contributed by atoms with van der Waals surface area (Å²) in [6.07, 6.45) is 2.64. The number of nitrogens with zero attached hydrogens (tertiary/aromatic N) is 1. The number of oxazole rings is 1. The lowest BCUT2D eigenvalue weighted by Crippen LogP contribution is -2.00. The Kier molecular flexibility index (Phi) is 3.32. The molecular weight excluding hydrogens is 214 g/mol. The van der Waals surface area contributed by atoms with Gasteiger partial charge in [-0.1, -0.05) is 6.92 Å². The first-order chi connectivity index (χ1) is 8.19. The Hall–Kier alpha value is -1.97. The Morgan fingerprint density at radius 3 is 2.88 bits per heavy atom. The molecule has 0 saturated carbocycles. The quantitative estimate of drug-likeness (QED) is 0.794. The highest BCUT2D eigenvalue weighted by Gasteiger charge is 2.02. The molecule has 1 heterocycles. The number of hydrogen-bond donors (Lipinski definition) is 2. The Balaban J connectivity index is 1.99. The molecule has 90 valence electrons. The van der Waals surface area contributed by atoms with E-state index in [0.29, 0.717) is 12.4 Å². The van der Waals surface area contributed by atoms with Gasteiger partial charge in [0.05, 0.1) is 12.7 Å². The Labute approximate surface area is 101 Å². The summed E-state index contributed by atoms with van der Waals surface area (Å²) >= 11 is 0. The molecule has 0 spiro atoms. The van der Waals surface area contributed by atoms with E-state index in [2.05, 4.69) is 10.3 Å². The predicted molar refractivity (Wildman–Crippen MR) is 68.8 cm³/mol. The average molecular weight is 231 g/mol. The van der Waals surface area contributed by atoms with Crippen LogP contribution < -0.4 is 11.1 Å². The third kappa shape index (κ3) is 2.78. The SMILES string of the molecule is CCc1cnc(CNc2ccc(N)c(C)c2)o1. The second-order valence-electron chi connectivity index (χ2n) is 4.00. The van der Waals surface area contributed by atoms with Crippen molar-refractivity contribution in [2.24, 2.45) is 0 Å². The summed E-state index contributed by atoms with van der Waals surface area (Å²) in [7, 11) is 0. The van der Waals surface area contributed by atoms with Crippen molar-refractivity contribution in [1.29, 1.82) is 0 Å². The molecule has 3 N–H and O–H groups in total. The van der Waals surface area contributed by atoms with E-state index < -0.39 is 0 Å². The van der Waals surface area contributed by atoms with E-state index in [1.54, 1.807) is 6.20 Å². The molecule has 4 nitrogen and oxygen atoms in total. The number of nitrogens with one attached hydrogen (secondary N) is 1. The maximum atomic E-state index is 5.76. The molecule has 0 fully saturated rings. The van der Waals surface area contributed by atoms with Crippen molar-refractivity contribution in [2.45, 2.75) is 26.8 Å². The van der Waals surface area contributed by atoms with Crippen molar-refractivity contribution in [2.75, 3.05) is 11.1 Å². The molecule has 0 bridgehead atoms. The molecule has 0 aliphatic carbocycles. The van der Waals surface area contributed by atoms with Crippen LogP contribution in [-0.4, -0.2) is 4.98 Å². The van der Waals surface area contributed by atoms with Crippen molar-refractivity contribution in [3.8, 4) is 0 Å². The number of anilines is 2. The van der Waals surface area contributed by atoms with Crippen LogP contribution in [0.1, 0.15) is 24.1 Å². The molecule has 2 aromatic rings. The summed E-state index contributed by atoms with van der Waals surface area (Å²) in [5.41, 5.74) is 8.65. The van der Waals surface area contributed by atoms with Crippen molar-refractivity contribution in [1.82, 2.24) is 4.98 Å². The van der Waals surface area contributed by atoms with E-state index in [9.17, 15) is 0 Å². The molecule has 0 saturated heterocycles. The smallest absolute Gasteiger partial charge is 0.213 e. The van der Waals surface area contributed by atoms with E-state index in [0.717, 1.165) is 29.1 Å². The van der Waals surface area contributed by atoms with Crippen molar-refractivity contribution in [3.05, 3.63) is 41.6 Å². The third-order valence-electron chi connectivity index (χ3n) is 2.66. The largest absolute Gasteiger partial charge is 0.444 e. The van der Waals surface area contributed by atoms with Gasteiger partial charge in [0.25, 0.3) is 0 Å². The summed E-state index contributed by atoms with van der Waals surface area (Å²) in [6, 6.07) is 5.86. The van der Waals surface area contributed by atoms with Gasteiger partial charge in [0.2, 0.25) is 5.89 Å². The molecule has 17 heavy (non-hydrogen) atoms. The van der Waals surface area contributed by atoms with E-state index >= 15 is 0 Å². The zero-order valence-electron chi connectivity index (χ0n) is 10.2. The Bertz CT molecular complexity index is 505. The summed E-state index contributed by atoms with van der Waals surface area (Å²) in [6.45, 7) is 4.62. The molecule has 1 aromatic heterocycles. The van der Waals surface area contributed by atoms with Gasteiger partial charge in [-0.2, -0.15) is 0 Å². The molecule has 2 rings (SSSR count). The van der Waals surface area contributed by atoms with Gasteiger partial charge in [-0.05, 0) is 30.7 Å². The molecule has 0 aliphatic rings. The van der Waals surface area contributed by atoms with Gasteiger partial charge < -0.3 is 15.5 Å². The number of nitrogens with two attached hydrogens (primary N) is 1. The Morgan fingerprint density at radius 1 is 1.41 bits per heavy atom. The molecule has 0 radical (unpaired) electrons. The number of aryl methyl sites for hydroxylation is 2. The zero-order valence-corrected chi connectivity index (χ0v) is 10.2. The van der Waals surface area contributed by atoms with Crippen LogP contribution in [0.5, 0.6) is 0 Å². The van der Waals surface area contributed by atoms with Crippen molar-refractivity contribution < 1.29 is 4.42 Å². The first-order valence-corrected chi connectivity index (χ1v) is 5.72. The van der Waals surface area contributed by atoms with Gasteiger partial charge in [0, 0.05) is 17.8 Å². The maximum absolute atomic E-state index is 5.76. The van der Waals surface area contributed by atoms with Crippen LogP contribution in [0.2, 0.25) is 0 Å². The number of nitrogen functional groups attached to an aromatic ring is 1. The number of hydrogen-bond acceptors (Lipinski definition) is 4. The number of rotatable bonds is 4. The molecule has 0 atom stereocenters. The molecule has 1 aromatic carbocycles. The molecule has 0 unspecified atom stereocenters. The van der Waals surface area contributed by atoms with Gasteiger partial charge in [0.15, 0.2) is 0 Å². The van der Waals surface area contributed by atoms with Crippen LogP contribution in [0.25, 0.3) is 0 Å². The minimum Gasteiger partial charge on any atom is -0.444 e. The van der Waals surface area contributed by atoms with Gasteiger partial charge in [-0.15, -0.1) is 0 Å². The fourth-order valence-corrected chi connectivity index (χ4v) is 1.56. The van der Waals surface area contributed by atoms with Crippen molar-refractivity contribution in [3.63, 3.8) is 0 Å². The van der Waals surface area contributed by atoms with Gasteiger partial charge >= 0.3 is 0 Å². The normalized spacial score (nSPS) is 10.5. The summed E-state index contributed by atoms with van der Waals surface area (Å²) < 4.78 is 5.51. The van der Waals surface area contributed by atoms with E-state index in [4.69, 9.17) is 10.2 Å². The number of benzene rings is 1. The highest BCUT2D eigenvalue weighted by Crippen LogP contribution is 2.17. The molecular formula is C13H17N3O. The topological polar surface area (TPSA) is 64.1 Å². The maximum Gasteiger partial charge on any atom is 0.213 e. The van der Waals surface area contributed by atoms with Crippen LogP contribution >= 0.6 is 0 Å². The van der Waals surface area contributed by atoms with E-state index in [-0.39, 0.29) is 0 Å². The Morgan fingerprint density at radius 2 is 2.24 bits per heavy atom. The lowest BCUT2D eigenvalue weighted by atomic mass is 10.2.